The van der Waals surface area contributed by atoms with Gasteiger partial charge in [-0.1, -0.05) is 18.2 Å². The standard InChI is InChI=1S/C12H12N4O2S/c1-16-7-6-12(14-16)15-19(17,18)9-11-5-3-2-4-10(11)8-13/h2-7H,9H2,1H3,(H,14,15). The number of hydrogen-bond donors (Lipinski definition) is 1. The molecule has 0 saturated carbocycles. The molecule has 1 aromatic heterocycles. The Morgan fingerprint density at radius 2 is 2.11 bits per heavy atom. The monoisotopic (exact) mass is 276 g/mol. The molecular weight excluding hydrogens is 264 g/mol. The van der Waals surface area contributed by atoms with Gasteiger partial charge in [0.1, 0.15) is 0 Å². The molecule has 0 bridgehead atoms. The van der Waals surface area contributed by atoms with Crippen molar-refractivity contribution in [1.82, 2.24) is 9.78 Å². The van der Waals surface area contributed by atoms with Gasteiger partial charge in [0.2, 0.25) is 10.0 Å². The second kappa shape index (κ2) is 5.12. The van der Waals surface area contributed by atoms with E-state index in [0.29, 0.717) is 11.1 Å². The van der Waals surface area contributed by atoms with Crippen molar-refractivity contribution in [3.05, 3.63) is 47.7 Å². The largest absolute Gasteiger partial charge is 0.274 e. The van der Waals surface area contributed by atoms with Crippen LogP contribution in [0.5, 0.6) is 0 Å². The molecule has 19 heavy (non-hydrogen) atoms. The van der Waals surface area contributed by atoms with Crippen LogP contribution in [0.3, 0.4) is 0 Å². The lowest BCUT2D eigenvalue weighted by Crippen LogP contribution is -2.16. The van der Waals surface area contributed by atoms with Crippen LogP contribution in [0, 0.1) is 11.3 Å². The van der Waals surface area contributed by atoms with Crippen LogP contribution in [0.15, 0.2) is 36.5 Å². The average Bonchev–Trinajstić information content (AvgIpc) is 2.74. The fourth-order valence-electron chi connectivity index (χ4n) is 1.62. The highest BCUT2D eigenvalue weighted by atomic mass is 32.2. The Balaban J connectivity index is 2.20. The van der Waals surface area contributed by atoms with Crippen LogP contribution in [0.25, 0.3) is 0 Å². The second-order valence-electron chi connectivity index (χ2n) is 4.00. The number of aryl methyl sites for hydroxylation is 1. The van der Waals surface area contributed by atoms with Crippen molar-refractivity contribution in [3.8, 4) is 6.07 Å². The van der Waals surface area contributed by atoms with Crippen LogP contribution in [-0.2, 0) is 22.8 Å². The SMILES string of the molecule is Cn1ccc(NS(=O)(=O)Cc2ccccc2C#N)n1. The minimum Gasteiger partial charge on any atom is -0.274 e. The van der Waals surface area contributed by atoms with Crippen molar-refractivity contribution in [1.29, 1.82) is 5.26 Å². The first-order chi connectivity index (χ1) is 9.00. The number of hydrogen-bond acceptors (Lipinski definition) is 4. The summed E-state index contributed by atoms with van der Waals surface area (Å²) < 4.78 is 27.8. The zero-order valence-corrected chi connectivity index (χ0v) is 11.1. The molecule has 2 aromatic rings. The number of nitrogens with one attached hydrogen (secondary N) is 1. The molecule has 0 atom stereocenters. The van der Waals surface area contributed by atoms with Crippen molar-refractivity contribution >= 4 is 15.8 Å². The van der Waals surface area contributed by atoms with Crippen LogP contribution in [0.2, 0.25) is 0 Å². The van der Waals surface area contributed by atoms with E-state index in [-0.39, 0.29) is 11.6 Å². The Bertz CT molecular complexity index is 728. The Hall–Kier alpha value is -2.33. The molecule has 0 amide bonds. The average molecular weight is 276 g/mol. The molecule has 1 heterocycles. The molecule has 0 unspecified atom stereocenters. The molecule has 0 aliphatic carbocycles. The van der Waals surface area contributed by atoms with E-state index in [1.165, 1.54) is 4.68 Å². The molecule has 0 aliphatic rings. The molecule has 0 saturated heterocycles. The molecule has 0 spiro atoms. The van der Waals surface area contributed by atoms with Crippen molar-refractivity contribution in [2.24, 2.45) is 7.05 Å². The molecule has 1 N–H and O–H groups in total. The van der Waals surface area contributed by atoms with Gasteiger partial charge >= 0.3 is 0 Å². The van der Waals surface area contributed by atoms with Crippen LogP contribution in [0.4, 0.5) is 5.82 Å². The maximum atomic E-state index is 12.0. The quantitative estimate of drug-likeness (QED) is 0.909. The Kier molecular flexibility index (Phi) is 3.53. The van der Waals surface area contributed by atoms with Crippen molar-refractivity contribution in [2.45, 2.75) is 5.75 Å². The summed E-state index contributed by atoms with van der Waals surface area (Å²) in [4.78, 5) is 0. The van der Waals surface area contributed by atoms with Crippen LogP contribution in [-0.4, -0.2) is 18.2 Å². The van der Waals surface area contributed by atoms with Gasteiger partial charge in [-0.3, -0.25) is 9.40 Å². The van der Waals surface area contributed by atoms with Crippen LogP contribution < -0.4 is 4.72 Å². The summed E-state index contributed by atoms with van der Waals surface area (Å²) in [6.45, 7) is 0. The van der Waals surface area contributed by atoms with E-state index >= 15 is 0 Å². The minimum atomic E-state index is -3.58. The highest BCUT2D eigenvalue weighted by Gasteiger charge is 2.15. The van der Waals surface area contributed by atoms with Crippen molar-refractivity contribution in [3.63, 3.8) is 0 Å². The van der Waals surface area contributed by atoms with Gasteiger partial charge in [0.25, 0.3) is 0 Å². The van der Waals surface area contributed by atoms with Crippen molar-refractivity contribution in [2.75, 3.05) is 4.72 Å². The Morgan fingerprint density at radius 3 is 2.74 bits per heavy atom. The van der Waals surface area contributed by atoms with Crippen LogP contribution >= 0.6 is 0 Å². The van der Waals surface area contributed by atoms with Gasteiger partial charge in [0, 0.05) is 19.3 Å². The number of aromatic nitrogens is 2. The predicted octanol–water partition coefficient (Wildman–Crippen LogP) is 1.23. The van der Waals surface area contributed by atoms with E-state index in [2.05, 4.69) is 9.82 Å². The normalized spacial score (nSPS) is 10.9. The smallest absolute Gasteiger partial charge is 0.238 e. The van der Waals surface area contributed by atoms with E-state index in [1.54, 1.807) is 43.6 Å². The number of rotatable bonds is 4. The molecule has 2 rings (SSSR count). The van der Waals surface area contributed by atoms with Gasteiger partial charge in [0.15, 0.2) is 5.82 Å². The Labute approximate surface area is 111 Å². The third-order valence-electron chi connectivity index (χ3n) is 2.46. The third-order valence-corrected chi connectivity index (χ3v) is 3.67. The number of anilines is 1. The van der Waals surface area contributed by atoms with E-state index in [9.17, 15) is 8.42 Å². The molecular formula is C12H12N4O2S. The van der Waals surface area contributed by atoms with E-state index in [4.69, 9.17) is 5.26 Å². The summed E-state index contributed by atoms with van der Waals surface area (Å²) in [5, 5.41) is 12.9. The van der Waals surface area contributed by atoms with Crippen molar-refractivity contribution < 1.29 is 8.42 Å². The number of nitrogens with zero attached hydrogens (tertiary/aromatic N) is 3. The first-order valence-corrected chi connectivity index (χ1v) is 7.13. The second-order valence-corrected chi connectivity index (χ2v) is 5.73. The number of sulfonamides is 1. The molecule has 98 valence electrons. The zero-order chi connectivity index (χ0) is 13.9. The molecule has 6 nitrogen and oxygen atoms in total. The molecule has 0 radical (unpaired) electrons. The summed E-state index contributed by atoms with van der Waals surface area (Å²) >= 11 is 0. The third kappa shape index (κ3) is 3.33. The van der Waals surface area contributed by atoms with Crippen LogP contribution in [0.1, 0.15) is 11.1 Å². The maximum Gasteiger partial charge on any atom is 0.238 e. The minimum absolute atomic E-state index is 0.257. The summed E-state index contributed by atoms with van der Waals surface area (Å²) in [6, 6.07) is 10.1. The molecule has 1 aromatic carbocycles. The fourth-order valence-corrected chi connectivity index (χ4v) is 2.79. The lowest BCUT2D eigenvalue weighted by atomic mass is 10.1. The fraction of sp³-hybridized carbons (Fsp3) is 0.167. The lowest BCUT2D eigenvalue weighted by molar-refractivity contribution is 0.600. The predicted molar refractivity (Wildman–Crippen MR) is 70.6 cm³/mol. The summed E-state index contributed by atoms with van der Waals surface area (Å²) in [7, 11) is -1.89. The molecule has 0 aliphatic heterocycles. The van der Waals surface area contributed by atoms with E-state index in [0.717, 1.165) is 0 Å². The molecule has 7 heteroatoms. The van der Waals surface area contributed by atoms with Gasteiger partial charge in [0.05, 0.1) is 17.4 Å². The van der Waals surface area contributed by atoms with Gasteiger partial charge in [-0.15, -0.1) is 0 Å². The first kappa shape index (κ1) is 13.1. The van der Waals surface area contributed by atoms with Gasteiger partial charge in [-0.25, -0.2) is 8.42 Å². The zero-order valence-electron chi connectivity index (χ0n) is 10.2. The lowest BCUT2D eigenvalue weighted by Gasteiger charge is -2.06. The Morgan fingerprint density at radius 1 is 1.37 bits per heavy atom. The molecule has 0 fully saturated rings. The van der Waals surface area contributed by atoms with Gasteiger partial charge in [-0.2, -0.15) is 10.4 Å². The summed E-state index contributed by atoms with van der Waals surface area (Å²) in [6.07, 6.45) is 1.64. The summed E-state index contributed by atoms with van der Waals surface area (Å²) in [5.41, 5.74) is 0.822. The van der Waals surface area contributed by atoms with Gasteiger partial charge < -0.3 is 0 Å². The van der Waals surface area contributed by atoms with E-state index in [1.807, 2.05) is 6.07 Å². The highest BCUT2D eigenvalue weighted by molar-refractivity contribution is 7.91. The number of nitriles is 1. The topological polar surface area (TPSA) is 87.8 Å². The highest BCUT2D eigenvalue weighted by Crippen LogP contribution is 2.13. The first-order valence-electron chi connectivity index (χ1n) is 5.48. The van der Waals surface area contributed by atoms with E-state index < -0.39 is 10.0 Å². The maximum absolute atomic E-state index is 12.0. The van der Waals surface area contributed by atoms with Gasteiger partial charge in [-0.05, 0) is 11.6 Å². The summed E-state index contributed by atoms with van der Waals surface area (Å²) in [5.74, 6) is 0.00442. The number of benzene rings is 1.